The number of aliphatic hydroxyl groups is 1. The Morgan fingerprint density at radius 1 is 1.33 bits per heavy atom. The highest BCUT2D eigenvalue weighted by Crippen LogP contribution is 2.76. The SMILES string of the molecule is C[C@@H]1CC2C3CCC4=CC(=O)C=C[C@]4(C)[C@@]34O[C@H]4C[C@]2(C)[C@@]1(O)C(=O)C=O. The molecule has 0 bridgehead atoms. The number of fused-ring (bicyclic) bond motifs is 3. The molecule has 5 aliphatic rings. The third-order valence-electron chi connectivity index (χ3n) is 9.00. The highest BCUT2D eigenvalue weighted by atomic mass is 16.6. The fourth-order valence-electron chi connectivity index (χ4n) is 7.60. The number of hydrogen-bond acceptors (Lipinski definition) is 5. The largest absolute Gasteiger partial charge is 0.381 e. The van der Waals surface area contributed by atoms with Crippen molar-refractivity contribution in [2.45, 2.75) is 63.8 Å². The first-order chi connectivity index (χ1) is 12.6. The van der Waals surface area contributed by atoms with Crippen LogP contribution in [0.5, 0.6) is 0 Å². The van der Waals surface area contributed by atoms with Crippen LogP contribution >= 0.6 is 0 Å². The molecule has 5 rings (SSSR count). The summed E-state index contributed by atoms with van der Waals surface area (Å²) < 4.78 is 6.41. The first-order valence-corrected chi connectivity index (χ1v) is 9.99. The van der Waals surface area contributed by atoms with Gasteiger partial charge in [0.05, 0.1) is 6.10 Å². The molecule has 0 aromatic heterocycles. The van der Waals surface area contributed by atoms with Crippen molar-refractivity contribution in [3.63, 3.8) is 0 Å². The van der Waals surface area contributed by atoms with Crippen molar-refractivity contribution in [2.75, 3.05) is 0 Å². The minimum atomic E-state index is -1.62. The van der Waals surface area contributed by atoms with Crippen LogP contribution in [0, 0.1) is 28.6 Å². The molecule has 4 fully saturated rings. The number of rotatable bonds is 2. The van der Waals surface area contributed by atoms with Crippen LogP contribution in [0.4, 0.5) is 0 Å². The Bertz CT molecular complexity index is 842. The Morgan fingerprint density at radius 3 is 2.78 bits per heavy atom. The van der Waals surface area contributed by atoms with Gasteiger partial charge in [-0.1, -0.05) is 25.5 Å². The van der Waals surface area contributed by atoms with Gasteiger partial charge in [-0.25, -0.2) is 0 Å². The summed E-state index contributed by atoms with van der Waals surface area (Å²) in [6.07, 6.45) is 8.66. The molecule has 144 valence electrons. The van der Waals surface area contributed by atoms with E-state index < -0.39 is 16.8 Å². The van der Waals surface area contributed by atoms with E-state index in [1.54, 1.807) is 12.2 Å². The van der Waals surface area contributed by atoms with Crippen LogP contribution in [0.1, 0.15) is 46.5 Å². The summed E-state index contributed by atoms with van der Waals surface area (Å²) in [7, 11) is 0. The Morgan fingerprint density at radius 2 is 2.07 bits per heavy atom. The third kappa shape index (κ3) is 1.68. The van der Waals surface area contributed by atoms with E-state index in [1.807, 2.05) is 19.9 Å². The van der Waals surface area contributed by atoms with Gasteiger partial charge in [0.1, 0.15) is 11.2 Å². The van der Waals surface area contributed by atoms with Gasteiger partial charge in [-0.05, 0) is 62.5 Å². The van der Waals surface area contributed by atoms with Crippen molar-refractivity contribution in [1.29, 1.82) is 0 Å². The monoisotopic (exact) mass is 370 g/mol. The average molecular weight is 370 g/mol. The molecule has 5 heteroatoms. The van der Waals surface area contributed by atoms with Gasteiger partial charge in [-0.3, -0.25) is 14.4 Å². The number of ether oxygens (including phenoxy) is 1. The zero-order chi connectivity index (χ0) is 19.4. The number of hydrogen-bond donors (Lipinski definition) is 1. The molecular formula is C22H26O5. The number of allylic oxidation sites excluding steroid dienone is 2. The van der Waals surface area contributed by atoms with Crippen molar-refractivity contribution in [2.24, 2.45) is 28.6 Å². The lowest BCUT2D eigenvalue weighted by Crippen LogP contribution is -2.62. The van der Waals surface area contributed by atoms with Gasteiger partial charge >= 0.3 is 0 Å². The second kappa shape index (κ2) is 4.87. The lowest BCUT2D eigenvalue weighted by atomic mass is 9.47. The predicted octanol–water partition coefficient (Wildman–Crippen LogP) is 2.17. The molecule has 1 heterocycles. The van der Waals surface area contributed by atoms with Gasteiger partial charge in [-0.15, -0.1) is 0 Å². The van der Waals surface area contributed by atoms with Gasteiger partial charge < -0.3 is 9.84 Å². The zero-order valence-corrected chi connectivity index (χ0v) is 16.0. The molecular weight excluding hydrogens is 344 g/mol. The summed E-state index contributed by atoms with van der Waals surface area (Å²) in [5.74, 6) is -0.593. The van der Waals surface area contributed by atoms with Crippen LogP contribution in [0.2, 0.25) is 0 Å². The summed E-state index contributed by atoms with van der Waals surface area (Å²) in [6.45, 7) is 6.03. The van der Waals surface area contributed by atoms with Crippen LogP contribution in [0.15, 0.2) is 23.8 Å². The minimum absolute atomic E-state index is 0.0376. The zero-order valence-electron chi connectivity index (χ0n) is 16.0. The van der Waals surface area contributed by atoms with E-state index in [-0.39, 0.29) is 46.9 Å². The fraction of sp³-hybridized carbons (Fsp3) is 0.682. The van der Waals surface area contributed by atoms with Gasteiger partial charge in [0.15, 0.2) is 12.1 Å². The molecule has 1 N–H and O–H groups in total. The van der Waals surface area contributed by atoms with E-state index >= 15 is 0 Å². The van der Waals surface area contributed by atoms with Gasteiger partial charge in [0.2, 0.25) is 5.78 Å². The normalized spacial score (nSPS) is 55.0. The fourth-order valence-corrected chi connectivity index (χ4v) is 7.60. The topological polar surface area (TPSA) is 84.0 Å². The van der Waals surface area contributed by atoms with E-state index in [1.165, 1.54) is 0 Å². The van der Waals surface area contributed by atoms with Gasteiger partial charge in [0, 0.05) is 10.8 Å². The lowest BCUT2D eigenvalue weighted by Gasteiger charge is -2.55. The Hall–Kier alpha value is -1.59. The molecule has 1 aliphatic heterocycles. The second-order valence-corrected chi connectivity index (χ2v) is 9.77. The summed E-state index contributed by atoms with van der Waals surface area (Å²) >= 11 is 0. The maximum absolute atomic E-state index is 12.5. The van der Waals surface area contributed by atoms with Crippen molar-refractivity contribution in [3.05, 3.63) is 23.8 Å². The average Bonchev–Trinajstić information content (AvgIpc) is 3.31. The quantitative estimate of drug-likeness (QED) is 0.457. The van der Waals surface area contributed by atoms with E-state index in [4.69, 9.17) is 4.74 Å². The minimum Gasteiger partial charge on any atom is -0.381 e. The summed E-state index contributed by atoms with van der Waals surface area (Å²) in [4.78, 5) is 35.7. The predicted molar refractivity (Wildman–Crippen MR) is 96.7 cm³/mol. The summed E-state index contributed by atoms with van der Waals surface area (Å²) in [6, 6.07) is 0. The molecule has 1 spiro atoms. The molecule has 0 aromatic rings. The Balaban J connectivity index is 1.61. The number of epoxide rings is 1. The molecule has 5 nitrogen and oxygen atoms in total. The van der Waals surface area contributed by atoms with Crippen molar-refractivity contribution >= 4 is 17.9 Å². The standard InChI is InChI=1S/C22H26O5/c1-12-8-16-15-5-4-13-9-14(24)6-7-19(13,2)22(15)18(27-22)10-20(16,3)21(12,26)17(25)11-23/h6-7,9,11-12,15-16,18,26H,4-5,8,10H2,1-3H3/t12-,15?,16?,18+,19+,20+,21+,22-/m1/s1. The van der Waals surface area contributed by atoms with E-state index in [9.17, 15) is 19.5 Å². The van der Waals surface area contributed by atoms with Crippen molar-refractivity contribution < 1.29 is 24.2 Å². The molecule has 27 heavy (non-hydrogen) atoms. The van der Waals surface area contributed by atoms with Crippen LogP contribution in [0.25, 0.3) is 0 Å². The number of carbonyl (C=O) groups excluding carboxylic acids is 3. The first-order valence-electron chi connectivity index (χ1n) is 9.99. The molecule has 0 amide bonds. The molecule has 4 aliphatic carbocycles. The van der Waals surface area contributed by atoms with Crippen molar-refractivity contribution in [3.8, 4) is 0 Å². The number of carbonyl (C=O) groups is 3. The Labute approximate surface area is 158 Å². The molecule has 3 saturated carbocycles. The second-order valence-electron chi connectivity index (χ2n) is 9.77. The first kappa shape index (κ1) is 17.5. The summed E-state index contributed by atoms with van der Waals surface area (Å²) in [5.41, 5.74) is -1.80. The molecule has 2 unspecified atom stereocenters. The molecule has 0 radical (unpaired) electrons. The van der Waals surface area contributed by atoms with Crippen LogP contribution in [-0.4, -0.2) is 40.3 Å². The van der Waals surface area contributed by atoms with Crippen molar-refractivity contribution in [1.82, 2.24) is 0 Å². The van der Waals surface area contributed by atoms with Gasteiger partial charge in [0.25, 0.3) is 0 Å². The van der Waals surface area contributed by atoms with Crippen LogP contribution < -0.4 is 0 Å². The van der Waals surface area contributed by atoms with E-state index in [0.717, 1.165) is 18.4 Å². The number of ketones is 2. The summed E-state index contributed by atoms with van der Waals surface area (Å²) in [5, 5.41) is 11.4. The van der Waals surface area contributed by atoms with E-state index in [0.29, 0.717) is 12.8 Å². The maximum atomic E-state index is 12.5. The number of Topliss-reactive ketones (excluding diaryl/α,β-unsaturated/α-hetero) is 1. The van der Waals surface area contributed by atoms with Crippen LogP contribution in [0.3, 0.4) is 0 Å². The highest BCUT2D eigenvalue weighted by Gasteiger charge is 2.81. The van der Waals surface area contributed by atoms with E-state index in [2.05, 4.69) is 6.92 Å². The maximum Gasteiger partial charge on any atom is 0.227 e. The molecule has 8 atom stereocenters. The van der Waals surface area contributed by atoms with Crippen LogP contribution in [-0.2, 0) is 19.1 Å². The third-order valence-corrected chi connectivity index (χ3v) is 9.00. The Kier molecular flexibility index (Phi) is 3.16. The smallest absolute Gasteiger partial charge is 0.227 e. The highest BCUT2D eigenvalue weighted by molar-refractivity contribution is 6.29. The molecule has 0 aromatic carbocycles. The van der Waals surface area contributed by atoms with Gasteiger partial charge in [-0.2, -0.15) is 0 Å². The lowest BCUT2D eigenvalue weighted by molar-refractivity contribution is -0.164. The molecule has 1 saturated heterocycles. The number of aldehydes is 1.